The maximum absolute atomic E-state index is 11.0. The number of carboxylic acids is 2. The molecular formula is C15H16O9. The number of aliphatic hydroxyl groups is 3. The molecule has 0 unspecified atom stereocenters. The summed E-state index contributed by atoms with van der Waals surface area (Å²) in [6, 6.07) is 6.05. The lowest BCUT2D eigenvalue weighted by atomic mass is 9.99. The molecule has 5 atom stereocenters. The Labute approximate surface area is 136 Å². The summed E-state index contributed by atoms with van der Waals surface area (Å²) in [7, 11) is 0. The molecule has 1 heterocycles. The largest absolute Gasteiger partial charge is 0.479 e. The van der Waals surface area contributed by atoms with Crippen LogP contribution >= 0.6 is 0 Å². The van der Waals surface area contributed by atoms with Crippen LogP contribution in [0.1, 0.15) is 5.56 Å². The van der Waals surface area contributed by atoms with Gasteiger partial charge in [-0.05, 0) is 23.8 Å². The van der Waals surface area contributed by atoms with E-state index < -0.39 is 42.6 Å². The highest BCUT2D eigenvalue weighted by molar-refractivity contribution is 5.85. The van der Waals surface area contributed by atoms with E-state index >= 15 is 0 Å². The molecule has 0 bridgehead atoms. The number of ether oxygens (including phenoxy) is 2. The van der Waals surface area contributed by atoms with Crippen molar-refractivity contribution in [1.82, 2.24) is 0 Å². The van der Waals surface area contributed by atoms with Crippen molar-refractivity contribution >= 4 is 18.0 Å². The number of aliphatic carboxylic acids is 2. The average molecular weight is 340 g/mol. The smallest absolute Gasteiger partial charge is 0.335 e. The monoisotopic (exact) mass is 340 g/mol. The number of hydrogen-bond donors (Lipinski definition) is 5. The molecule has 130 valence electrons. The summed E-state index contributed by atoms with van der Waals surface area (Å²) in [5, 5.41) is 46.7. The van der Waals surface area contributed by atoms with Gasteiger partial charge in [-0.3, -0.25) is 0 Å². The normalized spacial score (nSPS) is 30.2. The highest BCUT2D eigenvalue weighted by atomic mass is 16.7. The first-order valence-corrected chi connectivity index (χ1v) is 6.90. The Morgan fingerprint density at radius 1 is 1.08 bits per heavy atom. The number of hydrogen-bond acceptors (Lipinski definition) is 7. The quantitative estimate of drug-likeness (QED) is 0.427. The Bertz CT molecular complexity index is 642. The van der Waals surface area contributed by atoms with Crippen molar-refractivity contribution in [3.8, 4) is 5.75 Å². The van der Waals surface area contributed by atoms with Crippen LogP contribution in [0.4, 0.5) is 0 Å². The second kappa shape index (κ2) is 7.41. The fourth-order valence-corrected chi connectivity index (χ4v) is 2.14. The molecule has 1 aromatic carbocycles. The lowest BCUT2D eigenvalue weighted by molar-refractivity contribution is -0.271. The van der Waals surface area contributed by atoms with Crippen molar-refractivity contribution in [3.63, 3.8) is 0 Å². The standard InChI is InChI=1S/C15H16O9/c16-9(17)5-4-7-2-1-3-8(6-7)23-15-12(20)10(18)11(19)13(24-15)14(21)22/h1-6,10-13,15,18-20H,(H,16,17)(H,21,22)/b5-4+/t10-,11-,12+,13-,15+/m0/s1. The summed E-state index contributed by atoms with van der Waals surface area (Å²) < 4.78 is 10.3. The molecule has 0 amide bonds. The highest BCUT2D eigenvalue weighted by Gasteiger charge is 2.48. The Hall–Kier alpha value is -2.46. The van der Waals surface area contributed by atoms with E-state index in [1.807, 2.05) is 0 Å². The van der Waals surface area contributed by atoms with Gasteiger partial charge >= 0.3 is 11.9 Å². The second-order valence-electron chi connectivity index (χ2n) is 5.10. The minimum Gasteiger partial charge on any atom is -0.479 e. The van der Waals surface area contributed by atoms with Gasteiger partial charge in [0, 0.05) is 6.08 Å². The lowest BCUT2D eigenvalue weighted by Crippen LogP contribution is -2.61. The van der Waals surface area contributed by atoms with Gasteiger partial charge < -0.3 is 35.0 Å². The molecule has 0 saturated carbocycles. The van der Waals surface area contributed by atoms with Gasteiger partial charge in [0.2, 0.25) is 6.29 Å². The molecule has 5 N–H and O–H groups in total. The van der Waals surface area contributed by atoms with Gasteiger partial charge in [0.15, 0.2) is 6.10 Å². The van der Waals surface area contributed by atoms with Crippen LogP contribution < -0.4 is 4.74 Å². The summed E-state index contributed by atoms with van der Waals surface area (Å²) in [5.74, 6) is -2.49. The van der Waals surface area contributed by atoms with Crippen LogP contribution in [-0.4, -0.2) is 68.2 Å². The highest BCUT2D eigenvalue weighted by Crippen LogP contribution is 2.25. The van der Waals surface area contributed by atoms with Crippen molar-refractivity contribution in [2.75, 3.05) is 0 Å². The van der Waals surface area contributed by atoms with Gasteiger partial charge in [-0.2, -0.15) is 0 Å². The SMILES string of the molecule is O=C(O)/C=C/c1cccc(O[C@@H]2O[C@H](C(=O)O)[C@@H](O)[C@H](O)[C@H]2O)c1. The van der Waals surface area contributed by atoms with Gasteiger partial charge in [-0.25, -0.2) is 9.59 Å². The molecule has 0 spiro atoms. The number of carbonyl (C=O) groups is 2. The lowest BCUT2D eigenvalue weighted by Gasteiger charge is -2.38. The van der Waals surface area contributed by atoms with E-state index in [1.54, 1.807) is 12.1 Å². The fraction of sp³-hybridized carbons (Fsp3) is 0.333. The number of rotatable bonds is 5. The van der Waals surface area contributed by atoms with E-state index in [0.717, 1.165) is 6.08 Å². The van der Waals surface area contributed by atoms with Crippen molar-refractivity contribution in [3.05, 3.63) is 35.9 Å². The third-order valence-electron chi connectivity index (χ3n) is 3.34. The van der Waals surface area contributed by atoms with Crippen molar-refractivity contribution in [2.24, 2.45) is 0 Å². The van der Waals surface area contributed by atoms with Crippen LogP contribution in [0.25, 0.3) is 6.08 Å². The molecule has 1 aromatic rings. The first kappa shape index (κ1) is 17.9. The maximum Gasteiger partial charge on any atom is 0.335 e. The minimum atomic E-state index is -1.80. The summed E-state index contributed by atoms with van der Waals surface area (Å²) in [6.07, 6.45) is -6.29. The van der Waals surface area contributed by atoms with E-state index in [2.05, 4.69) is 0 Å². The van der Waals surface area contributed by atoms with E-state index in [0.29, 0.717) is 5.56 Å². The van der Waals surface area contributed by atoms with Gasteiger partial charge in [0.1, 0.15) is 24.1 Å². The Morgan fingerprint density at radius 2 is 1.79 bits per heavy atom. The van der Waals surface area contributed by atoms with Crippen LogP contribution in [0.3, 0.4) is 0 Å². The predicted molar refractivity (Wildman–Crippen MR) is 78.1 cm³/mol. The molecule has 0 aromatic heterocycles. The molecule has 24 heavy (non-hydrogen) atoms. The molecule has 1 aliphatic heterocycles. The number of aliphatic hydroxyl groups excluding tert-OH is 3. The first-order valence-electron chi connectivity index (χ1n) is 6.90. The average Bonchev–Trinajstić information content (AvgIpc) is 2.53. The van der Waals surface area contributed by atoms with E-state index in [4.69, 9.17) is 19.7 Å². The molecule has 1 aliphatic rings. The molecule has 0 aliphatic carbocycles. The Kier molecular flexibility index (Phi) is 5.52. The molecule has 9 heteroatoms. The van der Waals surface area contributed by atoms with Crippen molar-refractivity contribution in [2.45, 2.75) is 30.7 Å². The maximum atomic E-state index is 11.0. The molecular weight excluding hydrogens is 324 g/mol. The molecule has 1 saturated heterocycles. The molecule has 2 rings (SSSR count). The molecule has 9 nitrogen and oxygen atoms in total. The summed E-state index contributed by atoms with van der Waals surface area (Å²) in [6.45, 7) is 0. The predicted octanol–water partition coefficient (Wildman–Crippen LogP) is -0.945. The Balaban J connectivity index is 2.16. The van der Waals surface area contributed by atoms with Crippen LogP contribution in [0.15, 0.2) is 30.3 Å². The van der Waals surface area contributed by atoms with Gasteiger partial charge in [-0.15, -0.1) is 0 Å². The van der Waals surface area contributed by atoms with Crippen LogP contribution in [0.2, 0.25) is 0 Å². The third kappa shape index (κ3) is 4.09. The zero-order valence-corrected chi connectivity index (χ0v) is 12.2. The summed E-state index contributed by atoms with van der Waals surface area (Å²) in [4.78, 5) is 21.5. The topological polar surface area (TPSA) is 154 Å². The number of carboxylic acid groups (broad SMARTS) is 2. The zero-order chi connectivity index (χ0) is 17.9. The second-order valence-corrected chi connectivity index (χ2v) is 5.10. The van der Waals surface area contributed by atoms with Crippen molar-refractivity contribution in [1.29, 1.82) is 0 Å². The van der Waals surface area contributed by atoms with Crippen LogP contribution in [-0.2, 0) is 14.3 Å². The van der Waals surface area contributed by atoms with Crippen LogP contribution in [0.5, 0.6) is 5.75 Å². The summed E-state index contributed by atoms with van der Waals surface area (Å²) in [5.41, 5.74) is 0.482. The van der Waals surface area contributed by atoms with Crippen LogP contribution in [0, 0.1) is 0 Å². The minimum absolute atomic E-state index is 0.152. The van der Waals surface area contributed by atoms with Gasteiger partial charge in [-0.1, -0.05) is 12.1 Å². The first-order chi connectivity index (χ1) is 11.3. The fourth-order valence-electron chi connectivity index (χ4n) is 2.14. The van der Waals surface area contributed by atoms with E-state index in [-0.39, 0.29) is 5.75 Å². The van der Waals surface area contributed by atoms with Gasteiger partial charge in [0.05, 0.1) is 0 Å². The zero-order valence-electron chi connectivity index (χ0n) is 12.2. The number of benzene rings is 1. The summed E-state index contributed by atoms with van der Waals surface area (Å²) >= 11 is 0. The van der Waals surface area contributed by atoms with E-state index in [1.165, 1.54) is 18.2 Å². The van der Waals surface area contributed by atoms with Crippen molar-refractivity contribution < 1.29 is 44.6 Å². The third-order valence-corrected chi connectivity index (χ3v) is 3.34. The Morgan fingerprint density at radius 3 is 2.42 bits per heavy atom. The van der Waals surface area contributed by atoms with Gasteiger partial charge in [0.25, 0.3) is 0 Å². The molecule has 0 radical (unpaired) electrons. The molecule has 1 fully saturated rings. The van der Waals surface area contributed by atoms with E-state index in [9.17, 15) is 24.9 Å².